The average Bonchev–Trinajstić information content (AvgIpc) is 2.29. The van der Waals surface area contributed by atoms with Crippen LogP contribution in [0.2, 0.25) is 5.02 Å². The van der Waals surface area contributed by atoms with Crippen molar-refractivity contribution in [2.45, 2.75) is 45.7 Å². The smallest absolute Gasteiger partial charge is 0.315 e. The molecule has 0 saturated carbocycles. The van der Waals surface area contributed by atoms with Gasteiger partial charge in [0.1, 0.15) is 0 Å². The summed E-state index contributed by atoms with van der Waals surface area (Å²) in [6.45, 7) is 6.02. The van der Waals surface area contributed by atoms with Crippen molar-refractivity contribution in [3.8, 4) is 0 Å². The molecule has 0 heterocycles. The number of hydrogen-bond donors (Lipinski definition) is 2. The summed E-state index contributed by atoms with van der Waals surface area (Å²) < 4.78 is 0. The van der Waals surface area contributed by atoms with E-state index in [1.54, 1.807) is 0 Å². The first-order valence-corrected chi connectivity index (χ1v) is 6.73. The Morgan fingerprint density at radius 3 is 2.56 bits per heavy atom. The lowest BCUT2D eigenvalue weighted by molar-refractivity contribution is 0.234. The molecule has 0 fully saturated rings. The van der Waals surface area contributed by atoms with Gasteiger partial charge in [-0.1, -0.05) is 43.1 Å². The van der Waals surface area contributed by atoms with E-state index in [0.717, 1.165) is 18.4 Å². The average molecular weight is 269 g/mol. The molecule has 0 aliphatic heterocycles. The number of carbonyl (C=O) groups excluding carboxylic acids is 1. The topological polar surface area (TPSA) is 41.1 Å². The Labute approximate surface area is 114 Å². The normalized spacial score (nSPS) is 13.8. The minimum absolute atomic E-state index is 0.104. The first-order valence-electron chi connectivity index (χ1n) is 6.36. The van der Waals surface area contributed by atoms with Crippen molar-refractivity contribution in [1.82, 2.24) is 10.6 Å². The highest BCUT2D eigenvalue weighted by molar-refractivity contribution is 6.31. The predicted octanol–water partition coefficient (Wildman–Crippen LogP) is 3.89. The molecule has 100 valence electrons. The minimum Gasteiger partial charge on any atom is -0.336 e. The van der Waals surface area contributed by atoms with Crippen LogP contribution < -0.4 is 10.6 Å². The molecule has 2 amide bonds. The van der Waals surface area contributed by atoms with Crippen molar-refractivity contribution in [3.63, 3.8) is 0 Å². The second kappa shape index (κ2) is 7.27. The molecule has 2 N–H and O–H groups in total. The van der Waals surface area contributed by atoms with Crippen LogP contribution in [-0.4, -0.2) is 12.1 Å². The molecule has 0 radical (unpaired) electrons. The fraction of sp³-hybridized carbons (Fsp3) is 0.500. The number of halogens is 1. The third-order valence-corrected chi connectivity index (χ3v) is 3.16. The van der Waals surface area contributed by atoms with Crippen molar-refractivity contribution in [2.75, 3.05) is 0 Å². The standard InChI is InChI=1S/C14H21ClN2O/c1-4-7-10(2)16-14(18)17-11(3)12-8-5-6-9-13(12)15/h5-6,8-11H,4,7H2,1-3H3,(H2,16,17,18)/t10-,11-/m1/s1. The van der Waals surface area contributed by atoms with Crippen molar-refractivity contribution < 1.29 is 4.79 Å². The van der Waals surface area contributed by atoms with E-state index < -0.39 is 0 Å². The molecule has 1 aromatic carbocycles. The van der Waals surface area contributed by atoms with E-state index in [9.17, 15) is 4.79 Å². The molecule has 4 heteroatoms. The summed E-state index contributed by atoms with van der Waals surface area (Å²) >= 11 is 6.09. The quantitative estimate of drug-likeness (QED) is 0.836. The van der Waals surface area contributed by atoms with Crippen molar-refractivity contribution in [2.24, 2.45) is 0 Å². The first-order chi connectivity index (χ1) is 8.54. The predicted molar refractivity (Wildman–Crippen MR) is 75.9 cm³/mol. The van der Waals surface area contributed by atoms with Gasteiger partial charge in [-0.15, -0.1) is 0 Å². The highest BCUT2D eigenvalue weighted by atomic mass is 35.5. The summed E-state index contributed by atoms with van der Waals surface area (Å²) in [5.41, 5.74) is 0.928. The van der Waals surface area contributed by atoms with E-state index in [2.05, 4.69) is 17.6 Å². The van der Waals surface area contributed by atoms with Gasteiger partial charge in [0.05, 0.1) is 6.04 Å². The maximum absolute atomic E-state index is 11.8. The molecular formula is C14H21ClN2O. The third kappa shape index (κ3) is 4.57. The SMILES string of the molecule is CCC[C@@H](C)NC(=O)N[C@H](C)c1ccccc1Cl. The number of benzene rings is 1. The van der Waals surface area contributed by atoms with E-state index in [0.29, 0.717) is 5.02 Å². The Bertz CT molecular complexity index is 395. The molecule has 2 atom stereocenters. The van der Waals surface area contributed by atoms with Gasteiger partial charge in [0.25, 0.3) is 0 Å². The Balaban J connectivity index is 2.52. The largest absolute Gasteiger partial charge is 0.336 e. The Kier molecular flexibility index (Phi) is 5.99. The first kappa shape index (κ1) is 14.8. The van der Waals surface area contributed by atoms with Gasteiger partial charge < -0.3 is 10.6 Å². The molecule has 0 aliphatic rings. The summed E-state index contributed by atoms with van der Waals surface area (Å²) in [7, 11) is 0. The lowest BCUT2D eigenvalue weighted by atomic mass is 10.1. The second-order valence-electron chi connectivity index (χ2n) is 4.55. The van der Waals surface area contributed by atoms with Gasteiger partial charge in [0.15, 0.2) is 0 Å². The molecule has 0 saturated heterocycles. The van der Waals surface area contributed by atoms with E-state index in [1.807, 2.05) is 38.1 Å². The molecule has 0 aromatic heterocycles. The zero-order valence-electron chi connectivity index (χ0n) is 11.2. The van der Waals surface area contributed by atoms with Crippen LogP contribution in [0.1, 0.15) is 45.2 Å². The van der Waals surface area contributed by atoms with Crippen LogP contribution in [0.3, 0.4) is 0 Å². The Hall–Kier alpha value is -1.22. The zero-order chi connectivity index (χ0) is 13.5. The van der Waals surface area contributed by atoms with Crippen LogP contribution >= 0.6 is 11.6 Å². The van der Waals surface area contributed by atoms with Crippen LogP contribution in [0, 0.1) is 0 Å². The van der Waals surface area contributed by atoms with E-state index in [1.165, 1.54) is 0 Å². The maximum Gasteiger partial charge on any atom is 0.315 e. The third-order valence-electron chi connectivity index (χ3n) is 2.82. The van der Waals surface area contributed by atoms with Gasteiger partial charge in [-0.25, -0.2) is 4.79 Å². The number of amides is 2. The molecular weight excluding hydrogens is 248 g/mol. The molecule has 0 spiro atoms. The molecule has 0 aliphatic carbocycles. The van der Waals surface area contributed by atoms with Crippen LogP contribution in [0.15, 0.2) is 24.3 Å². The number of urea groups is 1. The van der Waals surface area contributed by atoms with Crippen LogP contribution in [0.4, 0.5) is 4.79 Å². The van der Waals surface area contributed by atoms with Crippen LogP contribution in [0.5, 0.6) is 0 Å². The van der Waals surface area contributed by atoms with Gasteiger partial charge >= 0.3 is 6.03 Å². The fourth-order valence-corrected chi connectivity index (χ4v) is 2.17. The maximum atomic E-state index is 11.8. The van der Waals surface area contributed by atoms with E-state index in [4.69, 9.17) is 11.6 Å². The molecule has 0 unspecified atom stereocenters. The number of hydrogen-bond acceptors (Lipinski definition) is 1. The number of rotatable bonds is 5. The summed E-state index contributed by atoms with van der Waals surface area (Å²) in [6, 6.07) is 7.47. The highest BCUT2D eigenvalue weighted by Gasteiger charge is 2.13. The summed E-state index contributed by atoms with van der Waals surface area (Å²) in [5.74, 6) is 0. The second-order valence-corrected chi connectivity index (χ2v) is 4.96. The van der Waals surface area contributed by atoms with E-state index >= 15 is 0 Å². The minimum atomic E-state index is -0.150. The van der Waals surface area contributed by atoms with Gasteiger partial charge in [-0.2, -0.15) is 0 Å². The van der Waals surface area contributed by atoms with Crippen molar-refractivity contribution in [3.05, 3.63) is 34.9 Å². The highest BCUT2D eigenvalue weighted by Crippen LogP contribution is 2.21. The zero-order valence-corrected chi connectivity index (χ0v) is 11.9. The van der Waals surface area contributed by atoms with Gasteiger partial charge in [-0.05, 0) is 31.9 Å². The number of carbonyl (C=O) groups is 1. The molecule has 1 aromatic rings. The Morgan fingerprint density at radius 1 is 1.28 bits per heavy atom. The Morgan fingerprint density at radius 2 is 1.94 bits per heavy atom. The molecule has 1 rings (SSSR count). The summed E-state index contributed by atoms with van der Waals surface area (Å²) in [5, 5.41) is 6.47. The molecule has 3 nitrogen and oxygen atoms in total. The lowest BCUT2D eigenvalue weighted by Gasteiger charge is -2.18. The lowest BCUT2D eigenvalue weighted by Crippen LogP contribution is -2.41. The van der Waals surface area contributed by atoms with Gasteiger partial charge in [0, 0.05) is 11.1 Å². The van der Waals surface area contributed by atoms with Crippen LogP contribution in [-0.2, 0) is 0 Å². The van der Waals surface area contributed by atoms with Crippen LogP contribution in [0.25, 0.3) is 0 Å². The monoisotopic (exact) mass is 268 g/mol. The van der Waals surface area contributed by atoms with Crippen molar-refractivity contribution in [1.29, 1.82) is 0 Å². The van der Waals surface area contributed by atoms with Gasteiger partial charge in [0.2, 0.25) is 0 Å². The number of nitrogens with one attached hydrogen (secondary N) is 2. The van der Waals surface area contributed by atoms with Crippen molar-refractivity contribution >= 4 is 17.6 Å². The molecule has 0 bridgehead atoms. The summed E-state index contributed by atoms with van der Waals surface area (Å²) in [6.07, 6.45) is 2.04. The molecule has 18 heavy (non-hydrogen) atoms. The summed E-state index contributed by atoms with van der Waals surface area (Å²) in [4.78, 5) is 11.8. The van der Waals surface area contributed by atoms with E-state index in [-0.39, 0.29) is 18.1 Å². The fourth-order valence-electron chi connectivity index (χ4n) is 1.87. The van der Waals surface area contributed by atoms with Gasteiger partial charge in [-0.3, -0.25) is 0 Å².